The summed E-state index contributed by atoms with van der Waals surface area (Å²) in [6.45, 7) is 13.8. The Bertz CT molecular complexity index is 660. The maximum Gasteiger partial charge on any atom is 0.307 e. The van der Waals surface area contributed by atoms with E-state index >= 15 is 0 Å². The number of carbonyl (C=O) groups excluding carboxylic acids is 1. The first kappa shape index (κ1) is 51.0. The Morgan fingerprint density at radius 1 is 0.288 bits per heavy atom. The molecule has 0 saturated heterocycles. The highest BCUT2D eigenvalue weighted by Crippen LogP contribution is 2.12. The first-order valence-electron chi connectivity index (χ1n) is 20.2. The molecular weight excluding hydrogens is 676 g/mol. The second-order valence-corrected chi connectivity index (χ2v) is 12.3. The van der Waals surface area contributed by atoms with Crippen LogP contribution in [-0.2, 0) is 61.6 Å². The van der Waals surface area contributed by atoms with Crippen molar-refractivity contribution < 1.29 is 61.6 Å². The number of methoxy groups -OCH3 is 1. The van der Waals surface area contributed by atoms with Gasteiger partial charge in [-0.1, -0.05) is 84.0 Å². The molecule has 0 atom stereocenters. The van der Waals surface area contributed by atoms with E-state index in [1.165, 1.54) is 84.2 Å². The topological polar surface area (TPSA) is 128 Å². The number of rotatable bonds is 47. The maximum absolute atomic E-state index is 10.9. The largest absolute Gasteiger partial charge is 0.469 e. The second-order valence-electron chi connectivity index (χ2n) is 12.3. The van der Waals surface area contributed by atoms with Crippen LogP contribution < -0.4 is 0 Å². The maximum atomic E-state index is 10.9. The van der Waals surface area contributed by atoms with Crippen molar-refractivity contribution in [2.45, 2.75) is 96.8 Å². The first-order chi connectivity index (χ1) is 25.8. The van der Waals surface area contributed by atoms with Gasteiger partial charge in [0, 0.05) is 6.61 Å². The van der Waals surface area contributed by atoms with E-state index in [9.17, 15) is 4.79 Å². The lowest BCUT2D eigenvalue weighted by Gasteiger charge is -2.09. The van der Waals surface area contributed by atoms with E-state index in [0.717, 1.165) is 13.0 Å². The third kappa shape index (κ3) is 47.1. The van der Waals surface area contributed by atoms with Gasteiger partial charge < -0.3 is 56.8 Å². The van der Waals surface area contributed by atoms with E-state index in [0.29, 0.717) is 139 Å². The summed E-state index contributed by atoms with van der Waals surface area (Å²) in [6, 6.07) is 0. The Morgan fingerprint density at radius 3 is 0.750 bits per heavy atom. The van der Waals surface area contributed by atoms with Gasteiger partial charge in [0.05, 0.1) is 152 Å². The highest BCUT2D eigenvalue weighted by atomic mass is 16.6. The molecular formula is C39H78O13. The van der Waals surface area contributed by atoms with Gasteiger partial charge in [-0.15, -0.1) is 0 Å². The van der Waals surface area contributed by atoms with Gasteiger partial charge in [-0.25, -0.2) is 0 Å². The molecule has 312 valence electrons. The van der Waals surface area contributed by atoms with Crippen molar-refractivity contribution in [2.24, 2.45) is 0 Å². The van der Waals surface area contributed by atoms with E-state index < -0.39 is 0 Å². The van der Waals surface area contributed by atoms with Crippen LogP contribution in [0.3, 0.4) is 0 Å². The normalized spacial score (nSPS) is 11.5. The van der Waals surface area contributed by atoms with Crippen LogP contribution in [0, 0.1) is 0 Å². The number of ether oxygens (including phenoxy) is 12. The van der Waals surface area contributed by atoms with E-state index in [4.69, 9.17) is 52.1 Å². The van der Waals surface area contributed by atoms with Crippen molar-refractivity contribution in [1.29, 1.82) is 0 Å². The SMILES string of the molecule is CCCCCCCCCCCCCCCOCCOCCOCCOCCOCCOCCOCCOCCOCCOCCOCCC(=O)OC. The highest BCUT2D eigenvalue weighted by Gasteiger charge is 2.00. The van der Waals surface area contributed by atoms with Gasteiger partial charge in [0.1, 0.15) is 0 Å². The number of carbonyl (C=O) groups is 1. The minimum atomic E-state index is -0.283. The predicted octanol–water partition coefficient (Wildman–Crippen LogP) is 5.82. The summed E-state index contributed by atoms with van der Waals surface area (Å²) in [6.07, 6.45) is 18.0. The minimum absolute atomic E-state index is 0.247. The fourth-order valence-electron chi connectivity index (χ4n) is 4.78. The zero-order valence-electron chi connectivity index (χ0n) is 33.3. The third-order valence-corrected chi connectivity index (χ3v) is 7.79. The van der Waals surface area contributed by atoms with Gasteiger partial charge in [0.15, 0.2) is 0 Å². The molecule has 0 fully saturated rings. The molecule has 13 nitrogen and oxygen atoms in total. The van der Waals surface area contributed by atoms with Crippen LogP contribution in [0.2, 0.25) is 0 Å². The van der Waals surface area contributed by atoms with E-state index in [1.54, 1.807) is 0 Å². The molecule has 0 aliphatic carbocycles. The molecule has 0 aromatic rings. The van der Waals surface area contributed by atoms with Gasteiger partial charge in [0.2, 0.25) is 0 Å². The molecule has 0 bridgehead atoms. The Balaban J connectivity index is 3.06. The molecule has 0 aromatic carbocycles. The summed E-state index contributed by atoms with van der Waals surface area (Å²) in [5.74, 6) is -0.283. The molecule has 0 aromatic heterocycles. The zero-order valence-corrected chi connectivity index (χ0v) is 33.3. The Morgan fingerprint density at radius 2 is 0.500 bits per heavy atom. The van der Waals surface area contributed by atoms with Crippen molar-refractivity contribution in [3.05, 3.63) is 0 Å². The van der Waals surface area contributed by atoms with Gasteiger partial charge in [-0.2, -0.15) is 0 Å². The lowest BCUT2D eigenvalue weighted by atomic mass is 10.0. The standard InChI is InChI=1S/C39H78O13/c1-3-4-5-6-7-8-9-10-11-12-13-14-15-17-42-19-21-44-23-25-46-27-29-48-31-33-50-35-37-52-38-36-51-34-32-49-30-28-47-26-24-45-22-20-43-18-16-39(40)41-2/h3-38H2,1-2H3. The highest BCUT2D eigenvalue weighted by molar-refractivity contribution is 5.69. The summed E-state index contributed by atoms with van der Waals surface area (Å²) in [5, 5.41) is 0. The molecule has 0 unspecified atom stereocenters. The predicted molar refractivity (Wildman–Crippen MR) is 201 cm³/mol. The summed E-state index contributed by atoms with van der Waals surface area (Å²) < 4.78 is 64.9. The quantitative estimate of drug-likeness (QED) is 0.0547. The third-order valence-electron chi connectivity index (χ3n) is 7.79. The average Bonchev–Trinajstić information content (AvgIpc) is 3.16. The van der Waals surface area contributed by atoms with Gasteiger partial charge in [-0.3, -0.25) is 4.79 Å². The smallest absolute Gasteiger partial charge is 0.307 e. The van der Waals surface area contributed by atoms with Crippen molar-refractivity contribution >= 4 is 5.97 Å². The molecule has 13 heteroatoms. The van der Waals surface area contributed by atoms with E-state index in [-0.39, 0.29) is 12.4 Å². The molecule has 52 heavy (non-hydrogen) atoms. The van der Waals surface area contributed by atoms with Crippen molar-refractivity contribution in [2.75, 3.05) is 152 Å². The molecule has 0 rings (SSSR count). The fraction of sp³-hybridized carbons (Fsp3) is 0.974. The first-order valence-corrected chi connectivity index (χ1v) is 20.2. The van der Waals surface area contributed by atoms with E-state index in [2.05, 4.69) is 11.7 Å². The Hall–Kier alpha value is -0.970. The van der Waals surface area contributed by atoms with Crippen LogP contribution in [0.4, 0.5) is 0 Å². The number of unbranched alkanes of at least 4 members (excludes halogenated alkanes) is 12. The lowest BCUT2D eigenvalue weighted by Crippen LogP contribution is -2.15. The Labute approximate surface area is 316 Å². The lowest BCUT2D eigenvalue weighted by molar-refractivity contribution is -0.141. The monoisotopic (exact) mass is 755 g/mol. The number of hydrogen-bond acceptors (Lipinski definition) is 13. The van der Waals surface area contributed by atoms with Gasteiger partial charge in [-0.05, 0) is 6.42 Å². The molecule has 0 heterocycles. The minimum Gasteiger partial charge on any atom is -0.469 e. The molecule has 0 N–H and O–H groups in total. The van der Waals surface area contributed by atoms with Crippen molar-refractivity contribution in [3.63, 3.8) is 0 Å². The van der Waals surface area contributed by atoms with Crippen LogP contribution in [-0.4, -0.2) is 158 Å². The summed E-state index contributed by atoms with van der Waals surface area (Å²) >= 11 is 0. The van der Waals surface area contributed by atoms with Crippen LogP contribution in [0.5, 0.6) is 0 Å². The van der Waals surface area contributed by atoms with Crippen molar-refractivity contribution in [3.8, 4) is 0 Å². The summed E-state index contributed by atoms with van der Waals surface area (Å²) in [5.41, 5.74) is 0. The molecule has 0 radical (unpaired) electrons. The average molecular weight is 755 g/mol. The fourth-order valence-corrected chi connectivity index (χ4v) is 4.78. The Kier molecular flexibility index (Phi) is 47.2. The van der Waals surface area contributed by atoms with Crippen molar-refractivity contribution in [1.82, 2.24) is 0 Å². The number of esters is 1. The molecule has 0 amide bonds. The molecule has 0 aliphatic heterocycles. The number of hydrogen-bond donors (Lipinski definition) is 0. The summed E-state index contributed by atoms with van der Waals surface area (Å²) in [7, 11) is 1.36. The molecule has 0 spiro atoms. The second kappa shape index (κ2) is 48.0. The van der Waals surface area contributed by atoms with Gasteiger partial charge >= 0.3 is 5.97 Å². The van der Waals surface area contributed by atoms with Crippen LogP contribution in [0.15, 0.2) is 0 Å². The van der Waals surface area contributed by atoms with Crippen LogP contribution in [0.1, 0.15) is 96.8 Å². The molecule has 0 aliphatic rings. The zero-order chi connectivity index (χ0) is 37.5. The van der Waals surface area contributed by atoms with E-state index in [1.807, 2.05) is 0 Å². The van der Waals surface area contributed by atoms with Gasteiger partial charge in [0.25, 0.3) is 0 Å². The van der Waals surface area contributed by atoms with Crippen LogP contribution >= 0.6 is 0 Å². The van der Waals surface area contributed by atoms with Crippen LogP contribution in [0.25, 0.3) is 0 Å². The molecule has 0 saturated carbocycles. The summed E-state index contributed by atoms with van der Waals surface area (Å²) in [4.78, 5) is 10.9.